The van der Waals surface area contributed by atoms with E-state index in [0.29, 0.717) is 42.4 Å². The number of hydrogen-bond donors (Lipinski definition) is 0. The van der Waals surface area contributed by atoms with Gasteiger partial charge in [0.05, 0.1) is 33.9 Å². The molecular formula is C22H24O7. The number of fused-ring (bicyclic) bond motifs is 1. The van der Waals surface area contributed by atoms with Crippen molar-refractivity contribution in [3.63, 3.8) is 0 Å². The summed E-state index contributed by atoms with van der Waals surface area (Å²) in [7, 11) is 4.81. The van der Waals surface area contributed by atoms with E-state index in [9.17, 15) is 4.79 Å². The first-order valence-electron chi connectivity index (χ1n) is 9.47. The highest BCUT2D eigenvalue weighted by Crippen LogP contribution is 2.40. The zero-order chi connectivity index (χ0) is 20.4. The van der Waals surface area contributed by atoms with Crippen LogP contribution >= 0.6 is 0 Å². The molecule has 2 heterocycles. The lowest BCUT2D eigenvalue weighted by Crippen LogP contribution is -2.21. The van der Waals surface area contributed by atoms with Crippen molar-refractivity contribution in [2.24, 2.45) is 11.8 Å². The number of ether oxygens (including phenoxy) is 6. The van der Waals surface area contributed by atoms with Crippen LogP contribution in [0.5, 0.6) is 28.7 Å². The van der Waals surface area contributed by atoms with E-state index in [1.165, 1.54) is 0 Å². The van der Waals surface area contributed by atoms with E-state index in [0.717, 1.165) is 16.9 Å². The van der Waals surface area contributed by atoms with Gasteiger partial charge in [0.1, 0.15) is 17.2 Å². The monoisotopic (exact) mass is 400 g/mol. The molecule has 0 aromatic heterocycles. The fourth-order valence-electron chi connectivity index (χ4n) is 3.92. The number of benzene rings is 2. The van der Waals surface area contributed by atoms with Crippen LogP contribution in [0, 0.1) is 11.8 Å². The highest BCUT2D eigenvalue weighted by atomic mass is 16.7. The van der Waals surface area contributed by atoms with E-state index in [1.54, 1.807) is 21.3 Å². The predicted octanol–water partition coefficient (Wildman–Crippen LogP) is 3.02. The van der Waals surface area contributed by atoms with Crippen molar-refractivity contribution in [2.45, 2.75) is 12.8 Å². The molecule has 2 aromatic carbocycles. The maximum Gasteiger partial charge on any atom is 0.309 e. The average Bonchev–Trinajstić information content (AvgIpc) is 3.35. The quantitative estimate of drug-likeness (QED) is 0.662. The highest BCUT2D eigenvalue weighted by Gasteiger charge is 2.38. The molecule has 29 heavy (non-hydrogen) atoms. The fraction of sp³-hybridized carbons (Fsp3) is 0.409. The normalized spacial score (nSPS) is 19.8. The van der Waals surface area contributed by atoms with Gasteiger partial charge in [-0.15, -0.1) is 0 Å². The second-order valence-electron chi connectivity index (χ2n) is 7.10. The van der Waals surface area contributed by atoms with Gasteiger partial charge >= 0.3 is 5.97 Å². The lowest BCUT2D eigenvalue weighted by atomic mass is 9.84. The Balaban J connectivity index is 1.57. The topological polar surface area (TPSA) is 72.5 Å². The van der Waals surface area contributed by atoms with E-state index in [2.05, 4.69) is 0 Å². The Morgan fingerprint density at radius 2 is 1.62 bits per heavy atom. The van der Waals surface area contributed by atoms with Gasteiger partial charge in [0.25, 0.3) is 0 Å². The summed E-state index contributed by atoms with van der Waals surface area (Å²) >= 11 is 0. The highest BCUT2D eigenvalue weighted by molar-refractivity contribution is 5.75. The summed E-state index contributed by atoms with van der Waals surface area (Å²) in [6.45, 7) is 0.594. The third kappa shape index (κ3) is 3.77. The summed E-state index contributed by atoms with van der Waals surface area (Å²) in [6, 6.07) is 9.41. The molecule has 1 saturated heterocycles. The van der Waals surface area contributed by atoms with Crippen LogP contribution in [-0.2, 0) is 22.4 Å². The molecule has 0 aliphatic carbocycles. The number of esters is 1. The molecule has 2 aliphatic heterocycles. The van der Waals surface area contributed by atoms with Crippen molar-refractivity contribution in [1.29, 1.82) is 0 Å². The largest absolute Gasteiger partial charge is 0.496 e. The molecule has 7 heteroatoms. The zero-order valence-electron chi connectivity index (χ0n) is 16.7. The SMILES string of the molecule is COc1cc(OC)c(C[C@@H]2COC(=O)[C@H]2Cc2ccc3c(c2)OCO3)c(OC)c1. The average molecular weight is 400 g/mol. The summed E-state index contributed by atoms with van der Waals surface area (Å²) in [5.41, 5.74) is 1.91. The second kappa shape index (κ2) is 8.11. The van der Waals surface area contributed by atoms with Gasteiger partial charge < -0.3 is 28.4 Å². The molecule has 0 spiro atoms. The standard InChI is InChI=1S/C22H24O7/c1-24-15-9-19(25-2)17(20(10-15)26-3)8-14-11-27-22(23)16(14)6-13-4-5-18-21(7-13)29-12-28-18/h4-5,7,9-10,14,16H,6,8,11-12H2,1-3H3/t14-,16+/m1/s1. The minimum absolute atomic E-state index is 0.00381. The smallest absolute Gasteiger partial charge is 0.309 e. The van der Waals surface area contributed by atoms with Crippen LogP contribution < -0.4 is 23.7 Å². The van der Waals surface area contributed by atoms with Gasteiger partial charge in [-0.05, 0) is 30.5 Å². The molecule has 0 unspecified atom stereocenters. The summed E-state index contributed by atoms with van der Waals surface area (Å²) in [6.07, 6.45) is 1.16. The molecule has 4 rings (SSSR count). The summed E-state index contributed by atoms with van der Waals surface area (Å²) < 4.78 is 32.6. The van der Waals surface area contributed by atoms with E-state index in [1.807, 2.05) is 30.3 Å². The van der Waals surface area contributed by atoms with Gasteiger partial charge in [-0.3, -0.25) is 4.79 Å². The molecule has 154 valence electrons. The van der Waals surface area contributed by atoms with Gasteiger partial charge in [0.2, 0.25) is 6.79 Å². The minimum Gasteiger partial charge on any atom is -0.496 e. The van der Waals surface area contributed by atoms with Gasteiger partial charge in [-0.2, -0.15) is 0 Å². The third-order valence-corrected chi connectivity index (χ3v) is 5.49. The number of cyclic esters (lactones) is 1. The van der Waals surface area contributed by atoms with E-state index < -0.39 is 0 Å². The van der Waals surface area contributed by atoms with Crippen LogP contribution in [0.25, 0.3) is 0 Å². The van der Waals surface area contributed by atoms with Crippen molar-refractivity contribution >= 4 is 5.97 Å². The summed E-state index contributed by atoms with van der Waals surface area (Å²) in [5.74, 6) is 2.99. The van der Waals surface area contributed by atoms with Gasteiger partial charge in [-0.1, -0.05) is 6.07 Å². The van der Waals surface area contributed by atoms with E-state index in [-0.39, 0.29) is 24.6 Å². The van der Waals surface area contributed by atoms with Crippen molar-refractivity contribution < 1.29 is 33.2 Å². The van der Waals surface area contributed by atoms with Crippen LogP contribution in [-0.4, -0.2) is 40.7 Å². The molecule has 0 bridgehead atoms. The Hall–Kier alpha value is -3.09. The molecular weight excluding hydrogens is 376 g/mol. The molecule has 0 N–H and O–H groups in total. The number of rotatable bonds is 7. The van der Waals surface area contributed by atoms with Crippen molar-refractivity contribution in [3.8, 4) is 28.7 Å². The lowest BCUT2D eigenvalue weighted by Gasteiger charge is -2.20. The first-order chi connectivity index (χ1) is 14.1. The summed E-state index contributed by atoms with van der Waals surface area (Å²) in [5, 5.41) is 0. The number of hydrogen-bond acceptors (Lipinski definition) is 7. The minimum atomic E-state index is -0.258. The van der Waals surface area contributed by atoms with Gasteiger partial charge in [0.15, 0.2) is 11.5 Å². The molecule has 2 aromatic rings. The Kier molecular flexibility index (Phi) is 5.38. The zero-order valence-corrected chi connectivity index (χ0v) is 16.7. The van der Waals surface area contributed by atoms with Crippen molar-refractivity contribution in [2.75, 3.05) is 34.7 Å². The van der Waals surface area contributed by atoms with Crippen LogP contribution in [0.3, 0.4) is 0 Å². The molecule has 2 atom stereocenters. The first-order valence-corrected chi connectivity index (χ1v) is 9.47. The lowest BCUT2D eigenvalue weighted by molar-refractivity contribution is -0.141. The van der Waals surface area contributed by atoms with Gasteiger partial charge in [-0.25, -0.2) is 0 Å². The van der Waals surface area contributed by atoms with Crippen LogP contribution in [0.2, 0.25) is 0 Å². The van der Waals surface area contributed by atoms with E-state index >= 15 is 0 Å². The van der Waals surface area contributed by atoms with Crippen LogP contribution in [0.1, 0.15) is 11.1 Å². The Bertz CT molecular complexity index is 883. The number of carbonyl (C=O) groups is 1. The first kappa shape index (κ1) is 19.2. The molecule has 7 nitrogen and oxygen atoms in total. The number of carbonyl (C=O) groups excluding carboxylic acids is 1. The van der Waals surface area contributed by atoms with Crippen molar-refractivity contribution in [1.82, 2.24) is 0 Å². The summed E-state index contributed by atoms with van der Waals surface area (Å²) in [4.78, 5) is 12.5. The molecule has 0 amide bonds. The predicted molar refractivity (Wildman–Crippen MR) is 104 cm³/mol. The molecule has 0 saturated carbocycles. The molecule has 2 aliphatic rings. The van der Waals surface area contributed by atoms with Crippen LogP contribution in [0.4, 0.5) is 0 Å². The Morgan fingerprint density at radius 1 is 0.897 bits per heavy atom. The number of methoxy groups -OCH3 is 3. The maximum atomic E-state index is 12.5. The fourth-order valence-corrected chi connectivity index (χ4v) is 3.92. The van der Waals surface area contributed by atoms with Gasteiger partial charge in [0, 0.05) is 23.6 Å². The second-order valence-corrected chi connectivity index (χ2v) is 7.10. The van der Waals surface area contributed by atoms with E-state index in [4.69, 9.17) is 28.4 Å². The molecule has 0 radical (unpaired) electrons. The Labute approximate surface area is 169 Å². The molecule has 1 fully saturated rings. The maximum absolute atomic E-state index is 12.5. The Morgan fingerprint density at radius 3 is 2.31 bits per heavy atom. The van der Waals surface area contributed by atoms with Crippen LogP contribution in [0.15, 0.2) is 30.3 Å². The van der Waals surface area contributed by atoms with Crippen molar-refractivity contribution in [3.05, 3.63) is 41.5 Å². The third-order valence-electron chi connectivity index (χ3n) is 5.49.